The largest absolute Gasteiger partial charge is 0.463 e. The quantitative estimate of drug-likeness (QED) is 0.674. The molecule has 126 valence electrons. The van der Waals surface area contributed by atoms with Gasteiger partial charge in [0.25, 0.3) is 0 Å². The van der Waals surface area contributed by atoms with Crippen molar-refractivity contribution < 1.29 is 19.1 Å². The number of ether oxygens (including phenoxy) is 2. The second-order valence-electron chi connectivity index (χ2n) is 5.49. The van der Waals surface area contributed by atoms with Crippen LogP contribution in [-0.2, 0) is 14.3 Å². The van der Waals surface area contributed by atoms with E-state index >= 15 is 0 Å². The number of hydrogen-bond acceptors (Lipinski definition) is 6. The summed E-state index contributed by atoms with van der Waals surface area (Å²) in [7, 11) is 0. The fourth-order valence-electron chi connectivity index (χ4n) is 2.61. The van der Waals surface area contributed by atoms with Crippen molar-refractivity contribution in [2.45, 2.75) is 12.5 Å². The monoisotopic (exact) mass is 354 g/mol. The van der Waals surface area contributed by atoms with Crippen molar-refractivity contribution in [3.8, 4) is 16.3 Å². The lowest BCUT2D eigenvalue weighted by Gasteiger charge is -2.10. The summed E-state index contributed by atoms with van der Waals surface area (Å²) in [6.45, 7) is 0.273. The van der Waals surface area contributed by atoms with Gasteiger partial charge in [0.2, 0.25) is 6.10 Å². The molecular formula is C18H14N2O4S. The van der Waals surface area contributed by atoms with Crippen LogP contribution in [-0.4, -0.2) is 34.4 Å². The number of thiophene rings is 1. The SMILES string of the molecule is O=C(OC1CCOC1=O)c1cc(-c2cccs2)nn1-c1ccccc1. The fourth-order valence-corrected chi connectivity index (χ4v) is 3.29. The summed E-state index contributed by atoms with van der Waals surface area (Å²) in [6.07, 6.45) is -0.473. The standard InChI is InChI=1S/C18H14N2O4S/c21-17(24-15-8-9-23-18(15)22)14-11-13(16-7-4-10-25-16)19-20(14)12-5-2-1-3-6-12/h1-7,10-11,15H,8-9H2. The molecule has 0 spiro atoms. The highest BCUT2D eigenvalue weighted by Crippen LogP contribution is 2.26. The van der Waals surface area contributed by atoms with E-state index in [0.29, 0.717) is 12.1 Å². The number of hydrogen-bond donors (Lipinski definition) is 0. The Morgan fingerprint density at radius 1 is 1.24 bits per heavy atom. The van der Waals surface area contributed by atoms with Crippen LogP contribution in [0.4, 0.5) is 0 Å². The number of esters is 2. The Kier molecular flexibility index (Phi) is 4.07. The van der Waals surface area contributed by atoms with Crippen LogP contribution >= 0.6 is 11.3 Å². The summed E-state index contributed by atoms with van der Waals surface area (Å²) in [5.74, 6) is -1.10. The van der Waals surface area contributed by atoms with E-state index in [-0.39, 0.29) is 12.3 Å². The van der Waals surface area contributed by atoms with E-state index in [0.717, 1.165) is 10.6 Å². The van der Waals surface area contributed by atoms with Gasteiger partial charge in [0.15, 0.2) is 5.69 Å². The summed E-state index contributed by atoms with van der Waals surface area (Å²) in [5, 5.41) is 6.50. The predicted molar refractivity (Wildman–Crippen MR) is 91.7 cm³/mol. The molecule has 1 aromatic carbocycles. The van der Waals surface area contributed by atoms with Gasteiger partial charge in [0.1, 0.15) is 5.69 Å². The third kappa shape index (κ3) is 3.06. The zero-order chi connectivity index (χ0) is 17.2. The summed E-state index contributed by atoms with van der Waals surface area (Å²) >= 11 is 1.54. The molecule has 1 fully saturated rings. The molecule has 25 heavy (non-hydrogen) atoms. The molecule has 7 heteroatoms. The van der Waals surface area contributed by atoms with Gasteiger partial charge in [0.05, 0.1) is 17.2 Å². The van der Waals surface area contributed by atoms with Crippen molar-refractivity contribution in [3.05, 3.63) is 59.6 Å². The molecule has 2 aromatic heterocycles. The van der Waals surface area contributed by atoms with Crippen molar-refractivity contribution in [1.82, 2.24) is 9.78 Å². The lowest BCUT2D eigenvalue weighted by Crippen LogP contribution is -2.24. The molecule has 6 nitrogen and oxygen atoms in total. The first kappa shape index (κ1) is 15.6. The zero-order valence-electron chi connectivity index (χ0n) is 13.1. The van der Waals surface area contributed by atoms with Crippen molar-refractivity contribution in [3.63, 3.8) is 0 Å². The van der Waals surface area contributed by atoms with Gasteiger partial charge in [-0.05, 0) is 23.6 Å². The third-order valence-corrected chi connectivity index (χ3v) is 4.72. The molecule has 4 rings (SSSR count). The average molecular weight is 354 g/mol. The molecule has 0 aliphatic carbocycles. The molecule has 0 amide bonds. The number of para-hydroxylation sites is 1. The Balaban J connectivity index is 1.72. The second-order valence-corrected chi connectivity index (χ2v) is 6.44. The Morgan fingerprint density at radius 2 is 2.08 bits per heavy atom. The van der Waals surface area contributed by atoms with E-state index in [1.807, 2.05) is 47.8 Å². The van der Waals surface area contributed by atoms with Gasteiger partial charge >= 0.3 is 11.9 Å². The van der Waals surface area contributed by atoms with Gasteiger partial charge in [-0.3, -0.25) is 0 Å². The number of carbonyl (C=O) groups excluding carboxylic acids is 2. The number of aromatic nitrogens is 2. The molecule has 1 unspecified atom stereocenters. The smallest absolute Gasteiger partial charge is 0.357 e. The van der Waals surface area contributed by atoms with Crippen LogP contribution < -0.4 is 0 Å². The zero-order valence-corrected chi connectivity index (χ0v) is 13.9. The van der Waals surface area contributed by atoms with Gasteiger partial charge in [0, 0.05) is 12.5 Å². The van der Waals surface area contributed by atoms with Crippen LogP contribution in [0.15, 0.2) is 53.9 Å². The summed E-state index contributed by atoms with van der Waals surface area (Å²) in [6, 6.07) is 14.9. The average Bonchev–Trinajstić information content (AvgIpc) is 3.36. The molecule has 0 saturated carbocycles. The van der Waals surface area contributed by atoms with E-state index in [1.165, 1.54) is 16.0 Å². The first-order valence-corrected chi connectivity index (χ1v) is 8.67. The first-order chi connectivity index (χ1) is 12.2. The minimum absolute atomic E-state index is 0.273. The number of rotatable bonds is 4. The van der Waals surface area contributed by atoms with Crippen LogP contribution in [0.1, 0.15) is 16.9 Å². The van der Waals surface area contributed by atoms with Gasteiger partial charge in [-0.1, -0.05) is 24.3 Å². The van der Waals surface area contributed by atoms with Gasteiger partial charge in [-0.15, -0.1) is 11.3 Å². The highest BCUT2D eigenvalue weighted by atomic mass is 32.1. The maximum absolute atomic E-state index is 12.6. The fraction of sp³-hybridized carbons (Fsp3) is 0.167. The van der Waals surface area contributed by atoms with Crippen LogP contribution in [0.2, 0.25) is 0 Å². The molecule has 1 saturated heterocycles. The Labute approximate surface area is 147 Å². The molecular weight excluding hydrogens is 340 g/mol. The predicted octanol–water partition coefficient (Wildman–Crippen LogP) is 3.07. The Bertz CT molecular complexity index is 903. The van der Waals surface area contributed by atoms with E-state index in [1.54, 1.807) is 6.07 Å². The lowest BCUT2D eigenvalue weighted by molar-refractivity contribution is -0.145. The van der Waals surface area contributed by atoms with E-state index in [4.69, 9.17) is 9.47 Å². The minimum Gasteiger partial charge on any atom is -0.463 e. The van der Waals surface area contributed by atoms with Crippen molar-refractivity contribution in [2.24, 2.45) is 0 Å². The Morgan fingerprint density at radius 3 is 2.76 bits per heavy atom. The van der Waals surface area contributed by atoms with Gasteiger partial charge < -0.3 is 9.47 Å². The Hall–Kier alpha value is -2.93. The second kappa shape index (κ2) is 6.52. The summed E-state index contributed by atoms with van der Waals surface area (Å²) in [4.78, 5) is 25.2. The molecule has 3 heterocycles. The molecule has 0 radical (unpaired) electrons. The van der Waals surface area contributed by atoms with E-state index in [9.17, 15) is 9.59 Å². The topological polar surface area (TPSA) is 70.4 Å². The van der Waals surface area contributed by atoms with Gasteiger partial charge in [-0.25, -0.2) is 14.3 Å². The first-order valence-electron chi connectivity index (χ1n) is 7.79. The summed E-state index contributed by atoms with van der Waals surface area (Å²) in [5.41, 5.74) is 1.69. The maximum Gasteiger partial charge on any atom is 0.357 e. The number of carbonyl (C=O) groups is 2. The molecule has 1 aliphatic heterocycles. The molecule has 0 bridgehead atoms. The van der Waals surface area contributed by atoms with Crippen molar-refractivity contribution >= 4 is 23.3 Å². The highest BCUT2D eigenvalue weighted by molar-refractivity contribution is 7.13. The molecule has 0 N–H and O–H groups in total. The molecule has 1 atom stereocenters. The van der Waals surface area contributed by atoms with Crippen molar-refractivity contribution in [2.75, 3.05) is 6.61 Å². The number of cyclic esters (lactones) is 1. The third-order valence-electron chi connectivity index (χ3n) is 3.83. The van der Waals surface area contributed by atoms with Crippen LogP contribution in [0, 0.1) is 0 Å². The highest BCUT2D eigenvalue weighted by Gasteiger charge is 2.32. The molecule has 3 aromatic rings. The van der Waals surface area contributed by atoms with E-state index < -0.39 is 18.0 Å². The van der Waals surface area contributed by atoms with Crippen LogP contribution in [0.3, 0.4) is 0 Å². The maximum atomic E-state index is 12.6. The summed E-state index contributed by atoms with van der Waals surface area (Å²) < 4.78 is 11.7. The van der Waals surface area contributed by atoms with Crippen LogP contribution in [0.5, 0.6) is 0 Å². The number of benzene rings is 1. The van der Waals surface area contributed by atoms with Crippen molar-refractivity contribution in [1.29, 1.82) is 0 Å². The van der Waals surface area contributed by atoms with Crippen LogP contribution in [0.25, 0.3) is 16.3 Å². The normalized spacial score (nSPS) is 16.6. The van der Waals surface area contributed by atoms with E-state index in [2.05, 4.69) is 5.10 Å². The molecule has 1 aliphatic rings. The van der Waals surface area contributed by atoms with Gasteiger partial charge in [-0.2, -0.15) is 5.10 Å². The minimum atomic E-state index is -0.850. The lowest BCUT2D eigenvalue weighted by atomic mass is 10.2. The number of nitrogens with zero attached hydrogens (tertiary/aromatic N) is 2.